The normalized spacial score (nSPS) is 13.9. The molecule has 6 nitrogen and oxygen atoms in total. The Morgan fingerprint density at radius 2 is 0.946 bits per heavy atom. The first-order chi connectivity index (χ1) is 27.5. The standard InChI is InChI=1S/C50H89NO5/c1-4-7-10-13-16-19-22-23-24-25-26-28-29-32-35-38-41-46(56-50(55)43-40-37-34-31-27-20-17-14-11-8-5-2)44-49(54)51-47(45-52)48(53)42-39-36-33-30-21-18-15-12-9-6-3/h14,16-17,19,22-26,28,46-48,52-53H,4-13,15,18,20-21,27,29-45H2,1-3H3,(H,51,54)/b17-14-,19-16+,23-22+,25-24+,28-26+. The monoisotopic (exact) mass is 784 g/mol. The van der Waals surface area contributed by atoms with Crippen LogP contribution in [0.1, 0.15) is 220 Å². The molecular weight excluding hydrogens is 695 g/mol. The first kappa shape index (κ1) is 53.6. The quantitative estimate of drug-likeness (QED) is 0.0248. The summed E-state index contributed by atoms with van der Waals surface area (Å²) in [5, 5.41) is 23.6. The van der Waals surface area contributed by atoms with Crippen molar-refractivity contribution in [3.05, 3.63) is 60.8 Å². The van der Waals surface area contributed by atoms with Crippen molar-refractivity contribution in [3.8, 4) is 0 Å². The second-order valence-electron chi connectivity index (χ2n) is 15.9. The molecule has 6 heteroatoms. The van der Waals surface area contributed by atoms with Crippen LogP contribution >= 0.6 is 0 Å². The third kappa shape index (κ3) is 38.4. The Bertz CT molecular complexity index is 1010. The molecular formula is C50H89NO5. The van der Waals surface area contributed by atoms with Crippen LogP contribution in [-0.2, 0) is 14.3 Å². The Balaban J connectivity index is 4.72. The summed E-state index contributed by atoms with van der Waals surface area (Å²) >= 11 is 0. The molecule has 0 fully saturated rings. The number of nitrogens with one attached hydrogen (secondary N) is 1. The number of carbonyl (C=O) groups is 2. The molecule has 0 aromatic rings. The zero-order valence-corrected chi connectivity index (χ0v) is 36.8. The van der Waals surface area contributed by atoms with Crippen molar-refractivity contribution in [1.82, 2.24) is 5.32 Å². The minimum absolute atomic E-state index is 0.0468. The van der Waals surface area contributed by atoms with Crippen molar-refractivity contribution < 1.29 is 24.5 Å². The van der Waals surface area contributed by atoms with Crippen LogP contribution in [0.2, 0.25) is 0 Å². The molecule has 3 atom stereocenters. The summed E-state index contributed by atoms with van der Waals surface area (Å²) in [7, 11) is 0. The lowest BCUT2D eigenvalue weighted by atomic mass is 10.0. The van der Waals surface area contributed by atoms with E-state index in [2.05, 4.69) is 80.8 Å². The first-order valence-corrected chi connectivity index (χ1v) is 23.6. The van der Waals surface area contributed by atoms with E-state index in [1.54, 1.807) is 0 Å². The average Bonchev–Trinajstić information content (AvgIpc) is 3.19. The van der Waals surface area contributed by atoms with Crippen LogP contribution < -0.4 is 5.32 Å². The predicted molar refractivity (Wildman–Crippen MR) is 241 cm³/mol. The summed E-state index contributed by atoms with van der Waals surface area (Å²) in [6, 6.07) is -0.715. The maximum absolute atomic E-state index is 13.1. The fourth-order valence-corrected chi connectivity index (χ4v) is 6.77. The average molecular weight is 784 g/mol. The summed E-state index contributed by atoms with van der Waals surface area (Å²) in [6.45, 7) is 6.37. The van der Waals surface area contributed by atoms with Crippen LogP contribution in [0.15, 0.2) is 60.8 Å². The molecule has 3 N–H and O–H groups in total. The van der Waals surface area contributed by atoms with E-state index in [0.717, 1.165) is 77.0 Å². The molecule has 0 aliphatic heterocycles. The number of allylic oxidation sites excluding steroid dienone is 10. The highest BCUT2D eigenvalue weighted by atomic mass is 16.5. The molecule has 0 aromatic heterocycles. The molecule has 0 aliphatic rings. The Morgan fingerprint density at radius 3 is 1.54 bits per heavy atom. The van der Waals surface area contributed by atoms with Gasteiger partial charge in [-0.3, -0.25) is 9.59 Å². The Kier molecular flexibility index (Phi) is 41.8. The van der Waals surface area contributed by atoms with Crippen molar-refractivity contribution in [2.45, 2.75) is 238 Å². The fourth-order valence-electron chi connectivity index (χ4n) is 6.77. The Hall–Kier alpha value is -2.44. The molecule has 1 amide bonds. The molecule has 0 spiro atoms. The number of rotatable bonds is 41. The van der Waals surface area contributed by atoms with E-state index in [1.807, 2.05) is 6.08 Å². The molecule has 0 saturated heterocycles. The summed E-state index contributed by atoms with van der Waals surface area (Å²) < 4.78 is 5.88. The fraction of sp³-hybridized carbons (Fsp3) is 0.760. The smallest absolute Gasteiger partial charge is 0.306 e. The maximum atomic E-state index is 13.1. The first-order valence-electron chi connectivity index (χ1n) is 23.6. The van der Waals surface area contributed by atoms with Crippen molar-refractivity contribution >= 4 is 11.9 Å². The molecule has 0 rings (SSSR count). The van der Waals surface area contributed by atoms with Crippen molar-refractivity contribution in [1.29, 1.82) is 0 Å². The number of hydrogen-bond donors (Lipinski definition) is 3. The minimum atomic E-state index is -0.799. The number of unbranched alkanes of at least 4 members (excludes halogenated alkanes) is 22. The summed E-state index contributed by atoms with van der Waals surface area (Å²) in [6.07, 6.45) is 52.7. The number of hydrogen-bond acceptors (Lipinski definition) is 5. The topological polar surface area (TPSA) is 95.9 Å². The van der Waals surface area contributed by atoms with Crippen molar-refractivity contribution in [2.24, 2.45) is 0 Å². The summed E-state index contributed by atoms with van der Waals surface area (Å²) in [4.78, 5) is 26.0. The van der Waals surface area contributed by atoms with Crippen LogP contribution in [0.3, 0.4) is 0 Å². The second-order valence-corrected chi connectivity index (χ2v) is 15.9. The molecule has 0 bridgehead atoms. The third-order valence-electron chi connectivity index (χ3n) is 10.4. The van der Waals surface area contributed by atoms with Crippen molar-refractivity contribution in [3.63, 3.8) is 0 Å². The molecule has 0 heterocycles. The number of aliphatic hydroxyl groups excluding tert-OH is 2. The molecule has 0 aromatic carbocycles. The van der Waals surface area contributed by atoms with Gasteiger partial charge in [0.15, 0.2) is 0 Å². The van der Waals surface area contributed by atoms with E-state index in [0.29, 0.717) is 19.3 Å². The minimum Gasteiger partial charge on any atom is -0.462 e. The van der Waals surface area contributed by atoms with Gasteiger partial charge in [-0.15, -0.1) is 0 Å². The van der Waals surface area contributed by atoms with E-state index >= 15 is 0 Å². The number of aliphatic hydroxyl groups is 2. The van der Waals surface area contributed by atoms with Gasteiger partial charge in [0.1, 0.15) is 6.10 Å². The van der Waals surface area contributed by atoms with Gasteiger partial charge in [0, 0.05) is 6.42 Å². The van der Waals surface area contributed by atoms with E-state index in [4.69, 9.17) is 4.74 Å². The lowest BCUT2D eigenvalue weighted by molar-refractivity contribution is -0.151. The Labute approximate surface area is 346 Å². The van der Waals surface area contributed by atoms with Gasteiger partial charge >= 0.3 is 5.97 Å². The lowest BCUT2D eigenvalue weighted by Crippen LogP contribution is -2.46. The number of esters is 1. The van der Waals surface area contributed by atoms with Crippen LogP contribution in [0, 0.1) is 0 Å². The van der Waals surface area contributed by atoms with Gasteiger partial charge in [0.2, 0.25) is 5.91 Å². The molecule has 0 aliphatic carbocycles. The van der Waals surface area contributed by atoms with Crippen molar-refractivity contribution in [2.75, 3.05) is 6.61 Å². The second kappa shape index (κ2) is 43.7. The number of carbonyl (C=O) groups excluding carboxylic acids is 2. The highest BCUT2D eigenvalue weighted by molar-refractivity contribution is 5.77. The number of ether oxygens (including phenoxy) is 1. The van der Waals surface area contributed by atoms with Crippen LogP contribution in [0.25, 0.3) is 0 Å². The van der Waals surface area contributed by atoms with Crippen LogP contribution in [-0.4, -0.2) is 46.9 Å². The van der Waals surface area contributed by atoms with Crippen LogP contribution in [0.5, 0.6) is 0 Å². The third-order valence-corrected chi connectivity index (χ3v) is 10.4. The van der Waals surface area contributed by atoms with Gasteiger partial charge in [-0.05, 0) is 70.6 Å². The van der Waals surface area contributed by atoms with Gasteiger partial charge < -0.3 is 20.3 Å². The predicted octanol–water partition coefficient (Wildman–Crippen LogP) is 13.7. The van der Waals surface area contributed by atoms with E-state index in [1.165, 1.54) is 96.3 Å². The van der Waals surface area contributed by atoms with E-state index in [9.17, 15) is 19.8 Å². The SMILES string of the molecule is CCCC/C=C\CCCCCCCC(=O)OC(CCCCC/C=C/C=C/C=C/C=C/CCCCC)CC(=O)NC(CO)C(O)CCCCCCCCCCCC. The van der Waals surface area contributed by atoms with Crippen LogP contribution in [0.4, 0.5) is 0 Å². The van der Waals surface area contributed by atoms with Gasteiger partial charge in [0.05, 0.1) is 25.2 Å². The Morgan fingerprint density at radius 1 is 0.518 bits per heavy atom. The highest BCUT2D eigenvalue weighted by Crippen LogP contribution is 2.17. The van der Waals surface area contributed by atoms with E-state index in [-0.39, 0.29) is 24.9 Å². The van der Waals surface area contributed by atoms with Gasteiger partial charge in [-0.2, -0.15) is 0 Å². The zero-order chi connectivity index (χ0) is 41.0. The summed E-state index contributed by atoms with van der Waals surface area (Å²) in [5.74, 6) is -0.527. The van der Waals surface area contributed by atoms with E-state index < -0.39 is 18.2 Å². The zero-order valence-electron chi connectivity index (χ0n) is 36.8. The summed E-state index contributed by atoms with van der Waals surface area (Å²) in [5.41, 5.74) is 0. The number of amides is 1. The van der Waals surface area contributed by atoms with Gasteiger partial charge in [-0.25, -0.2) is 0 Å². The molecule has 3 unspecified atom stereocenters. The molecule has 56 heavy (non-hydrogen) atoms. The van der Waals surface area contributed by atoms with Gasteiger partial charge in [0.25, 0.3) is 0 Å². The molecule has 0 radical (unpaired) electrons. The van der Waals surface area contributed by atoms with Gasteiger partial charge in [-0.1, -0.05) is 197 Å². The largest absolute Gasteiger partial charge is 0.462 e. The highest BCUT2D eigenvalue weighted by Gasteiger charge is 2.24. The lowest BCUT2D eigenvalue weighted by Gasteiger charge is -2.24. The molecule has 0 saturated carbocycles. The molecule has 324 valence electrons. The maximum Gasteiger partial charge on any atom is 0.306 e.